The van der Waals surface area contributed by atoms with E-state index in [1.165, 1.54) is 12.2 Å². The Bertz CT molecular complexity index is 222. The fourth-order valence-electron chi connectivity index (χ4n) is 0.927. The maximum Gasteiger partial charge on any atom is 0.117 e. The Morgan fingerprint density at radius 1 is 1.42 bits per heavy atom. The van der Waals surface area contributed by atoms with E-state index in [0.29, 0.717) is 6.54 Å². The van der Waals surface area contributed by atoms with Crippen molar-refractivity contribution in [1.29, 1.82) is 0 Å². The highest BCUT2D eigenvalue weighted by Crippen LogP contribution is 2.15. The molecule has 0 aliphatic heterocycles. The summed E-state index contributed by atoms with van der Waals surface area (Å²) in [5.74, 6) is 4.07. The molecular weight excluding hydrogens is 170 g/mol. The lowest BCUT2D eigenvalue weighted by Crippen LogP contribution is -1.92. The molecule has 0 spiro atoms. The van der Waals surface area contributed by atoms with Crippen LogP contribution in [-0.4, -0.2) is 5.75 Å². The Balaban J connectivity index is 2.31. The van der Waals surface area contributed by atoms with Gasteiger partial charge in [-0.2, -0.15) is 11.8 Å². The Kier molecular flexibility index (Phi) is 4.25. The second-order valence-corrected chi connectivity index (χ2v) is 3.73. The molecule has 68 valence electrons. The molecule has 0 saturated carbocycles. The molecule has 1 aromatic heterocycles. The fourth-order valence-corrected chi connectivity index (χ4v) is 1.72. The van der Waals surface area contributed by atoms with E-state index in [2.05, 4.69) is 6.92 Å². The molecule has 2 N–H and O–H groups in total. The Labute approximate surface area is 77.5 Å². The van der Waals surface area contributed by atoms with Crippen LogP contribution < -0.4 is 5.73 Å². The summed E-state index contributed by atoms with van der Waals surface area (Å²) in [6, 6.07) is 3.95. The number of thioether (sulfide) groups is 1. The molecule has 3 heteroatoms. The van der Waals surface area contributed by atoms with Gasteiger partial charge in [0.2, 0.25) is 0 Å². The van der Waals surface area contributed by atoms with E-state index in [9.17, 15) is 0 Å². The maximum atomic E-state index is 5.43. The van der Waals surface area contributed by atoms with Gasteiger partial charge in [-0.25, -0.2) is 0 Å². The van der Waals surface area contributed by atoms with Gasteiger partial charge in [0.05, 0.1) is 12.3 Å². The first kappa shape index (κ1) is 9.68. The van der Waals surface area contributed by atoms with Crippen LogP contribution in [0.15, 0.2) is 16.5 Å². The normalized spacial score (nSPS) is 10.5. The van der Waals surface area contributed by atoms with Gasteiger partial charge in [-0.15, -0.1) is 0 Å². The van der Waals surface area contributed by atoms with Crippen LogP contribution in [0.1, 0.15) is 24.9 Å². The predicted molar refractivity (Wildman–Crippen MR) is 53.1 cm³/mol. The first-order valence-electron chi connectivity index (χ1n) is 4.22. The molecule has 0 amide bonds. The molecule has 0 aliphatic carbocycles. The minimum absolute atomic E-state index is 0.498. The minimum atomic E-state index is 0.498. The largest absolute Gasteiger partial charge is 0.464 e. The van der Waals surface area contributed by atoms with Crippen LogP contribution >= 0.6 is 11.8 Å². The molecular formula is C9H15NOS. The molecule has 0 radical (unpaired) electrons. The molecule has 12 heavy (non-hydrogen) atoms. The summed E-state index contributed by atoms with van der Waals surface area (Å²) < 4.78 is 5.43. The topological polar surface area (TPSA) is 39.2 Å². The predicted octanol–water partition coefficient (Wildman–Crippen LogP) is 2.38. The molecule has 0 fully saturated rings. The fraction of sp³-hybridized carbons (Fsp3) is 0.556. The molecule has 0 aliphatic rings. The lowest BCUT2D eigenvalue weighted by molar-refractivity contribution is 0.482. The first-order chi connectivity index (χ1) is 5.86. The van der Waals surface area contributed by atoms with Crippen LogP contribution in [0.4, 0.5) is 0 Å². The number of hydrogen-bond acceptors (Lipinski definition) is 3. The number of furan rings is 1. The summed E-state index contributed by atoms with van der Waals surface area (Å²) in [7, 11) is 0. The zero-order valence-electron chi connectivity index (χ0n) is 7.38. The number of hydrogen-bond donors (Lipinski definition) is 1. The SMILES string of the molecule is CCCSCc1ccc(CN)o1. The van der Waals surface area contributed by atoms with Crippen molar-refractivity contribution >= 4 is 11.8 Å². The average molecular weight is 185 g/mol. The minimum Gasteiger partial charge on any atom is -0.464 e. The number of nitrogens with two attached hydrogens (primary N) is 1. The summed E-state index contributed by atoms with van der Waals surface area (Å²) in [5, 5.41) is 0. The van der Waals surface area contributed by atoms with Crippen molar-refractivity contribution in [3.05, 3.63) is 23.7 Å². The van der Waals surface area contributed by atoms with Gasteiger partial charge in [-0.3, -0.25) is 0 Å². The highest BCUT2D eigenvalue weighted by molar-refractivity contribution is 7.98. The second kappa shape index (κ2) is 5.27. The van der Waals surface area contributed by atoms with Crippen LogP contribution in [0.25, 0.3) is 0 Å². The van der Waals surface area contributed by atoms with Gasteiger partial charge in [0.1, 0.15) is 11.5 Å². The lowest BCUT2D eigenvalue weighted by Gasteiger charge is -1.95. The average Bonchev–Trinajstić information content (AvgIpc) is 2.53. The Morgan fingerprint density at radius 2 is 2.17 bits per heavy atom. The van der Waals surface area contributed by atoms with E-state index in [4.69, 9.17) is 10.2 Å². The van der Waals surface area contributed by atoms with Crippen LogP contribution in [0.5, 0.6) is 0 Å². The van der Waals surface area contributed by atoms with Gasteiger partial charge in [0.25, 0.3) is 0 Å². The molecule has 0 atom stereocenters. The third-order valence-corrected chi connectivity index (χ3v) is 2.70. The summed E-state index contributed by atoms with van der Waals surface area (Å²) in [5.41, 5.74) is 5.42. The summed E-state index contributed by atoms with van der Waals surface area (Å²) in [4.78, 5) is 0. The van der Waals surface area contributed by atoms with Crippen molar-refractivity contribution in [3.8, 4) is 0 Å². The highest BCUT2D eigenvalue weighted by atomic mass is 32.2. The van der Waals surface area contributed by atoms with Gasteiger partial charge < -0.3 is 10.2 Å². The van der Waals surface area contributed by atoms with Crippen LogP contribution in [0.2, 0.25) is 0 Å². The van der Waals surface area contributed by atoms with Crippen molar-refractivity contribution in [2.24, 2.45) is 5.73 Å². The molecule has 0 bridgehead atoms. The highest BCUT2D eigenvalue weighted by Gasteiger charge is 1.99. The Hall–Kier alpha value is -0.410. The molecule has 1 rings (SSSR count). The van der Waals surface area contributed by atoms with Gasteiger partial charge in [-0.1, -0.05) is 6.92 Å². The van der Waals surface area contributed by atoms with Crippen LogP contribution in [0, 0.1) is 0 Å². The van der Waals surface area contributed by atoms with E-state index in [1.807, 2.05) is 23.9 Å². The van der Waals surface area contributed by atoms with Gasteiger partial charge in [0.15, 0.2) is 0 Å². The van der Waals surface area contributed by atoms with Gasteiger partial charge >= 0.3 is 0 Å². The molecule has 0 saturated heterocycles. The Morgan fingerprint density at radius 3 is 2.75 bits per heavy atom. The van der Waals surface area contributed by atoms with Crippen molar-refractivity contribution in [2.45, 2.75) is 25.6 Å². The molecule has 0 aromatic carbocycles. The zero-order chi connectivity index (χ0) is 8.81. The molecule has 0 unspecified atom stereocenters. The lowest BCUT2D eigenvalue weighted by atomic mass is 10.4. The summed E-state index contributed by atoms with van der Waals surface area (Å²) >= 11 is 1.90. The van der Waals surface area contributed by atoms with E-state index >= 15 is 0 Å². The second-order valence-electron chi connectivity index (χ2n) is 2.62. The number of rotatable bonds is 5. The standard InChI is InChI=1S/C9H15NOS/c1-2-5-12-7-9-4-3-8(6-10)11-9/h3-4H,2,5-7,10H2,1H3. The third-order valence-electron chi connectivity index (χ3n) is 1.51. The third kappa shape index (κ3) is 2.91. The van der Waals surface area contributed by atoms with Gasteiger partial charge in [-0.05, 0) is 24.3 Å². The van der Waals surface area contributed by atoms with Crippen molar-refractivity contribution in [2.75, 3.05) is 5.75 Å². The van der Waals surface area contributed by atoms with Gasteiger partial charge in [0, 0.05) is 0 Å². The first-order valence-corrected chi connectivity index (χ1v) is 5.37. The van der Waals surface area contributed by atoms with E-state index in [1.54, 1.807) is 0 Å². The van der Waals surface area contributed by atoms with Crippen molar-refractivity contribution in [3.63, 3.8) is 0 Å². The quantitative estimate of drug-likeness (QED) is 0.716. The molecule has 1 heterocycles. The zero-order valence-corrected chi connectivity index (χ0v) is 8.19. The van der Waals surface area contributed by atoms with Crippen molar-refractivity contribution < 1.29 is 4.42 Å². The smallest absolute Gasteiger partial charge is 0.117 e. The van der Waals surface area contributed by atoms with E-state index in [-0.39, 0.29) is 0 Å². The van der Waals surface area contributed by atoms with Crippen LogP contribution in [0.3, 0.4) is 0 Å². The van der Waals surface area contributed by atoms with E-state index < -0.39 is 0 Å². The maximum absolute atomic E-state index is 5.43. The monoisotopic (exact) mass is 185 g/mol. The molecule has 1 aromatic rings. The van der Waals surface area contributed by atoms with Crippen molar-refractivity contribution in [1.82, 2.24) is 0 Å². The van der Waals surface area contributed by atoms with E-state index in [0.717, 1.165) is 17.3 Å². The summed E-state index contributed by atoms with van der Waals surface area (Å²) in [6.07, 6.45) is 1.22. The van der Waals surface area contributed by atoms with Crippen LogP contribution in [-0.2, 0) is 12.3 Å². The molecule has 2 nitrogen and oxygen atoms in total. The summed E-state index contributed by atoms with van der Waals surface area (Å²) in [6.45, 7) is 2.68.